The zero-order valence-electron chi connectivity index (χ0n) is 12.7. The molecular weight excluding hydrogens is 292 g/mol. The van der Waals surface area contributed by atoms with Gasteiger partial charge in [0, 0.05) is 23.7 Å². The highest BCUT2D eigenvalue weighted by Gasteiger charge is 2.27. The molecule has 0 aromatic carbocycles. The van der Waals surface area contributed by atoms with Crippen LogP contribution in [0.3, 0.4) is 0 Å². The van der Waals surface area contributed by atoms with Gasteiger partial charge in [0.25, 0.3) is 0 Å². The van der Waals surface area contributed by atoms with Crippen LogP contribution in [0.15, 0.2) is 6.20 Å². The number of amides is 1. The van der Waals surface area contributed by atoms with Gasteiger partial charge < -0.3 is 4.90 Å². The molecule has 2 rings (SSSR count). The van der Waals surface area contributed by atoms with E-state index < -0.39 is 10.0 Å². The summed E-state index contributed by atoms with van der Waals surface area (Å²) in [5.74, 6) is 0.473. The molecule has 0 saturated carbocycles. The summed E-state index contributed by atoms with van der Waals surface area (Å²) in [6.45, 7) is 6.68. The zero-order valence-corrected chi connectivity index (χ0v) is 13.5. The Morgan fingerprint density at radius 2 is 2.05 bits per heavy atom. The molecule has 0 radical (unpaired) electrons. The number of carbonyl (C=O) groups excluding carboxylic acids is 1. The minimum atomic E-state index is -3.37. The fourth-order valence-electron chi connectivity index (χ4n) is 2.00. The summed E-state index contributed by atoms with van der Waals surface area (Å²) in [7, 11) is -3.37. The van der Waals surface area contributed by atoms with Crippen molar-refractivity contribution in [2.75, 3.05) is 12.8 Å². The molecule has 0 fully saturated rings. The summed E-state index contributed by atoms with van der Waals surface area (Å²) in [6.07, 6.45) is 2.78. The third-order valence-electron chi connectivity index (χ3n) is 3.17. The minimum Gasteiger partial charge on any atom is -0.331 e. The van der Waals surface area contributed by atoms with E-state index in [4.69, 9.17) is 0 Å². The average molecular weight is 312 g/mol. The van der Waals surface area contributed by atoms with Crippen LogP contribution in [0.1, 0.15) is 37.9 Å². The molecule has 21 heavy (non-hydrogen) atoms. The molecule has 1 aliphatic rings. The third kappa shape index (κ3) is 3.98. The number of aromatic nitrogens is 2. The van der Waals surface area contributed by atoms with Gasteiger partial charge in [-0.2, -0.15) is 0 Å². The standard InChI is InChI=1S/C13H20N4O3S/c1-13(2,3)12-14-5-9-7-17(8-10(9)16-12)11(18)6-15-21(4,19)20/h5,15H,6-8H2,1-4H3. The minimum absolute atomic E-state index is 0.149. The number of carbonyl (C=O) groups is 1. The van der Waals surface area contributed by atoms with Crippen LogP contribution in [0.5, 0.6) is 0 Å². The van der Waals surface area contributed by atoms with Crippen LogP contribution in [0, 0.1) is 0 Å². The van der Waals surface area contributed by atoms with Crippen molar-refractivity contribution in [2.45, 2.75) is 39.3 Å². The molecule has 0 atom stereocenters. The Kier molecular flexibility index (Phi) is 4.03. The van der Waals surface area contributed by atoms with Gasteiger partial charge in [0.05, 0.1) is 25.0 Å². The van der Waals surface area contributed by atoms with Crippen molar-refractivity contribution in [3.05, 3.63) is 23.3 Å². The van der Waals surface area contributed by atoms with E-state index in [1.54, 1.807) is 11.1 Å². The van der Waals surface area contributed by atoms with Gasteiger partial charge in [0.15, 0.2) is 0 Å². The van der Waals surface area contributed by atoms with Gasteiger partial charge in [0.1, 0.15) is 5.82 Å². The third-order valence-corrected chi connectivity index (χ3v) is 3.83. The molecule has 116 valence electrons. The largest absolute Gasteiger partial charge is 0.331 e. The van der Waals surface area contributed by atoms with Crippen molar-refractivity contribution < 1.29 is 13.2 Å². The van der Waals surface area contributed by atoms with E-state index in [2.05, 4.69) is 14.7 Å². The second-order valence-corrected chi connectivity index (χ2v) is 8.09. The molecule has 0 spiro atoms. The van der Waals surface area contributed by atoms with E-state index in [-0.39, 0.29) is 17.9 Å². The Bertz CT molecular complexity index is 664. The second kappa shape index (κ2) is 5.34. The highest BCUT2D eigenvalue weighted by atomic mass is 32.2. The van der Waals surface area contributed by atoms with Crippen molar-refractivity contribution >= 4 is 15.9 Å². The van der Waals surface area contributed by atoms with Crippen LogP contribution in [-0.4, -0.2) is 42.0 Å². The van der Waals surface area contributed by atoms with Gasteiger partial charge in [-0.25, -0.2) is 23.1 Å². The maximum atomic E-state index is 12.0. The smallest absolute Gasteiger partial charge is 0.238 e. The number of nitrogens with zero attached hydrogens (tertiary/aromatic N) is 3. The van der Waals surface area contributed by atoms with Gasteiger partial charge in [-0.05, 0) is 0 Å². The monoisotopic (exact) mass is 312 g/mol. The molecule has 1 N–H and O–H groups in total. The molecule has 1 aliphatic heterocycles. The highest BCUT2D eigenvalue weighted by molar-refractivity contribution is 7.88. The Hall–Kier alpha value is -1.54. The molecule has 0 bridgehead atoms. The van der Waals surface area contributed by atoms with E-state index in [1.807, 2.05) is 20.8 Å². The molecule has 8 heteroatoms. The molecule has 1 aromatic heterocycles. The zero-order chi connectivity index (χ0) is 15.8. The number of sulfonamides is 1. The van der Waals surface area contributed by atoms with Crippen LogP contribution in [0.4, 0.5) is 0 Å². The van der Waals surface area contributed by atoms with Crippen LogP contribution in [-0.2, 0) is 33.3 Å². The van der Waals surface area contributed by atoms with Crippen molar-refractivity contribution in [3.63, 3.8) is 0 Å². The molecule has 0 saturated heterocycles. The SMILES string of the molecule is CC(C)(C)c1ncc2c(n1)CN(C(=O)CNS(C)(=O)=O)C2. The van der Waals surface area contributed by atoms with Gasteiger partial charge in [-0.3, -0.25) is 4.79 Å². The fourth-order valence-corrected chi connectivity index (χ4v) is 2.38. The summed E-state index contributed by atoms with van der Waals surface area (Å²) in [6, 6.07) is 0. The van der Waals surface area contributed by atoms with E-state index in [9.17, 15) is 13.2 Å². The van der Waals surface area contributed by atoms with Gasteiger partial charge in [0.2, 0.25) is 15.9 Å². The first kappa shape index (κ1) is 15.8. The first-order valence-electron chi connectivity index (χ1n) is 6.64. The highest BCUT2D eigenvalue weighted by Crippen LogP contribution is 2.24. The number of hydrogen-bond acceptors (Lipinski definition) is 5. The average Bonchev–Trinajstić information content (AvgIpc) is 2.76. The molecule has 2 heterocycles. The Morgan fingerprint density at radius 1 is 1.38 bits per heavy atom. The number of fused-ring (bicyclic) bond motifs is 1. The molecular formula is C13H20N4O3S. The molecule has 1 aromatic rings. The lowest BCUT2D eigenvalue weighted by atomic mass is 9.95. The molecule has 1 amide bonds. The number of rotatable bonds is 3. The summed E-state index contributed by atoms with van der Waals surface area (Å²) >= 11 is 0. The summed E-state index contributed by atoms with van der Waals surface area (Å²) in [5, 5.41) is 0. The van der Waals surface area contributed by atoms with Gasteiger partial charge >= 0.3 is 0 Å². The molecule has 0 aliphatic carbocycles. The van der Waals surface area contributed by atoms with Crippen molar-refractivity contribution in [1.29, 1.82) is 0 Å². The summed E-state index contributed by atoms with van der Waals surface area (Å²) in [4.78, 5) is 22.4. The lowest BCUT2D eigenvalue weighted by Gasteiger charge is -2.16. The quantitative estimate of drug-likeness (QED) is 0.858. The van der Waals surface area contributed by atoms with Gasteiger partial charge in [-0.15, -0.1) is 0 Å². The predicted octanol–water partition coefficient (Wildman–Crippen LogP) is 0.166. The van der Waals surface area contributed by atoms with E-state index in [1.165, 1.54) is 0 Å². The fraction of sp³-hybridized carbons (Fsp3) is 0.615. The maximum Gasteiger partial charge on any atom is 0.238 e. The normalized spacial score (nSPS) is 15.1. The van der Waals surface area contributed by atoms with Crippen LogP contribution in [0.25, 0.3) is 0 Å². The van der Waals surface area contributed by atoms with E-state index >= 15 is 0 Å². The van der Waals surface area contributed by atoms with Crippen LogP contribution in [0.2, 0.25) is 0 Å². The van der Waals surface area contributed by atoms with Crippen molar-refractivity contribution in [1.82, 2.24) is 19.6 Å². The Morgan fingerprint density at radius 3 is 2.62 bits per heavy atom. The van der Waals surface area contributed by atoms with E-state index in [0.717, 1.165) is 23.3 Å². The Labute approximate surface area is 124 Å². The van der Waals surface area contributed by atoms with Crippen LogP contribution >= 0.6 is 0 Å². The van der Waals surface area contributed by atoms with Crippen molar-refractivity contribution in [2.24, 2.45) is 0 Å². The first-order valence-corrected chi connectivity index (χ1v) is 8.53. The van der Waals surface area contributed by atoms with Gasteiger partial charge in [-0.1, -0.05) is 20.8 Å². The maximum absolute atomic E-state index is 12.0. The lowest BCUT2D eigenvalue weighted by molar-refractivity contribution is -0.130. The first-order chi connectivity index (χ1) is 9.56. The van der Waals surface area contributed by atoms with Crippen molar-refractivity contribution in [3.8, 4) is 0 Å². The summed E-state index contributed by atoms with van der Waals surface area (Å²) < 4.78 is 24.2. The number of nitrogens with one attached hydrogen (secondary N) is 1. The topological polar surface area (TPSA) is 92.3 Å². The van der Waals surface area contributed by atoms with Crippen LogP contribution < -0.4 is 4.72 Å². The lowest BCUT2D eigenvalue weighted by Crippen LogP contribution is -2.37. The Balaban J connectivity index is 2.07. The summed E-state index contributed by atoms with van der Waals surface area (Å²) in [5.41, 5.74) is 1.60. The molecule has 0 unspecified atom stereocenters. The van der Waals surface area contributed by atoms with E-state index in [0.29, 0.717) is 13.1 Å². The molecule has 7 nitrogen and oxygen atoms in total. The predicted molar refractivity (Wildman–Crippen MR) is 77.8 cm³/mol. The second-order valence-electron chi connectivity index (χ2n) is 6.26. The number of hydrogen-bond donors (Lipinski definition) is 1.